The Balaban J connectivity index is 2.48. The maximum atomic E-state index is 4.72. The first kappa shape index (κ1) is 16.0. The number of halogens is 1. The average Bonchev–Trinajstić information content (AvgIpc) is 2.44. The van der Waals surface area contributed by atoms with Gasteiger partial charge in [-0.05, 0) is 37.0 Å². The van der Waals surface area contributed by atoms with Crippen LogP contribution >= 0.6 is 15.9 Å². The SMILES string of the molecule is CCCNc1cc(C(C)C)nc(-c2ccc(C)cc2Br)n1. The molecule has 1 N–H and O–H groups in total. The molecule has 0 amide bonds. The first-order valence-electron chi connectivity index (χ1n) is 7.40. The van der Waals surface area contributed by atoms with Crippen LogP contribution in [0.5, 0.6) is 0 Å². The van der Waals surface area contributed by atoms with E-state index in [0.29, 0.717) is 5.92 Å². The summed E-state index contributed by atoms with van der Waals surface area (Å²) in [4.78, 5) is 9.38. The third kappa shape index (κ3) is 4.03. The van der Waals surface area contributed by atoms with E-state index in [1.807, 2.05) is 6.07 Å². The third-order valence-electron chi connectivity index (χ3n) is 3.26. The summed E-state index contributed by atoms with van der Waals surface area (Å²) in [6.45, 7) is 9.45. The predicted octanol–water partition coefficient (Wildman–Crippen LogP) is 5.16. The molecule has 0 spiro atoms. The minimum Gasteiger partial charge on any atom is -0.370 e. The monoisotopic (exact) mass is 347 g/mol. The summed E-state index contributed by atoms with van der Waals surface area (Å²) in [5.41, 5.74) is 3.31. The van der Waals surface area contributed by atoms with Gasteiger partial charge in [0, 0.05) is 28.3 Å². The molecular weight excluding hydrogens is 326 g/mol. The van der Waals surface area contributed by atoms with Crippen LogP contribution in [0.1, 0.15) is 44.4 Å². The lowest BCUT2D eigenvalue weighted by Crippen LogP contribution is -2.06. The van der Waals surface area contributed by atoms with Crippen molar-refractivity contribution in [2.75, 3.05) is 11.9 Å². The smallest absolute Gasteiger partial charge is 0.162 e. The maximum Gasteiger partial charge on any atom is 0.162 e. The lowest BCUT2D eigenvalue weighted by molar-refractivity contribution is 0.815. The second kappa shape index (κ2) is 7.03. The second-order valence-corrected chi connectivity index (χ2v) is 6.42. The van der Waals surface area contributed by atoms with Crippen LogP contribution in [0.25, 0.3) is 11.4 Å². The molecule has 0 saturated heterocycles. The van der Waals surface area contributed by atoms with Gasteiger partial charge in [0.1, 0.15) is 5.82 Å². The number of hydrogen-bond donors (Lipinski definition) is 1. The molecular formula is C17H22BrN3. The van der Waals surface area contributed by atoms with Crippen molar-refractivity contribution in [1.82, 2.24) is 9.97 Å². The van der Waals surface area contributed by atoms with Crippen molar-refractivity contribution in [2.45, 2.75) is 40.0 Å². The molecule has 0 aliphatic heterocycles. The highest BCUT2D eigenvalue weighted by molar-refractivity contribution is 9.10. The number of benzene rings is 1. The quantitative estimate of drug-likeness (QED) is 0.811. The number of rotatable bonds is 5. The standard InChI is InChI=1S/C17H22BrN3/c1-5-8-19-16-10-15(11(2)3)20-17(21-16)13-7-6-12(4)9-14(13)18/h6-7,9-11H,5,8H2,1-4H3,(H,19,20,21). The first-order valence-corrected chi connectivity index (χ1v) is 8.20. The molecule has 4 heteroatoms. The van der Waals surface area contributed by atoms with E-state index in [4.69, 9.17) is 4.98 Å². The Bertz CT molecular complexity index is 623. The molecule has 0 radical (unpaired) electrons. The van der Waals surface area contributed by atoms with Crippen molar-refractivity contribution in [3.05, 3.63) is 40.0 Å². The molecule has 0 aliphatic rings. The van der Waals surface area contributed by atoms with Crippen LogP contribution in [0.4, 0.5) is 5.82 Å². The van der Waals surface area contributed by atoms with Gasteiger partial charge in [0.25, 0.3) is 0 Å². The van der Waals surface area contributed by atoms with Gasteiger partial charge in [-0.2, -0.15) is 0 Å². The molecule has 0 saturated carbocycles. The number of nitrogens with one attached hydrogen (secondary N) is 1. The van der Waals surface area contributed by atoms with Crippen molar-refractivity contribution in [3.63, 3.8) is 0 Å². The predicted molar refractivity (Wildman–Crippen MR) is 92.8 cm³/mol. The van der Waals surface area contributed by atoms with E-state index in [1.165, 1.54) is 5.56 Å². The van der Waals surface area contributed by atoms with Crippen molar-refractivity contribution >= 4 is 21.7 Å². The van der Waals surface area contributed by atoms with E-state index in [0.717, 1.165) is 40.3 Å². The fourth-order valence-electron chi connectivity index (χ4n) is 2.03. The van der Waals surface area contributed by atoms with E-state index in [2.05, 4.69) is 72.1 Å². The summed E-state index contributed by atoms with van der Waals surface area (Å²) >= 11 is 3.62. The van der Waals surface area contributed by atoms with Crippen LogP contribution in [-0.2, 0) is 0 Å². The number of nitrogens with zero attached hydrogens (tertiary/aromatic N) is 2. The van der Waals surface area contributed by atoms with E-state index >= 15 is 0 Å². The Morgan fingerprint density at radius 3 is 2.57 bits per heavy atom. The van der Waals surface area contributed by atoms with Crippen LogP contribution < -0.4 is 5.32 Å². The molecule has 0 bridgehead atoms. The zero-order chi connectivity index (χ0) is 15.4. The molecule has 0 aliphatic carbocycles. The Labute approximate surface area is 135 Å². The van der Waals surface area contributed by atoms with Gasteiger partial charge in [0.15, 0.2) is 5.82 Å². The van der Waals surface area contributed by atoms with Crippen LogP contribution in [0.15, 0.2) is 28.7 Å². The highest BCUT2D eigenvalue weighted by Gasteiger charge is 2.11. The zero-order valence-electron chi connectivity index (χ0n) is 13.1. The molecule has 3 nitrogen and oxygen atoms in total. The second-order valence-electron chi connectivity index (χ2n) is 5.57. The minimum absolute atomic E-state index is 0.373. The number of aryl methyl sites for hydroxylation is 1. The molecule has 0 atom stereocenters. The minimum atomic E-state index is 0.373. The molecule has 1 aromatic carbocycles. The van der Waals surface area contributed by atoms with Gasteiger partial charge >= 0.3 is 0 Å². The summed E-state index contributed by atoms with van der Waals surface area (Å²) in [6, 6.07) is 8.30. The van der Waals surface area contributed by atoms with Gasteiger partial charge in [-0.3, -0.25) is 0 Å². The van der Waals surface area contributed by atoms with E-state index in [-0.39, 0.29) is 0 Å². The number of hydrogen-bond acceptors (Lipinski definition) is 3. The van der Waals surface area contributed by atoms with E-state index in [9.17, 15) is 0 Å². The van der Waals surface area contributed by atoms with Gasteiger partial charge in [-0.25, -0.2) is 9.97 Å². The molecule has 2 aromatic rings. The van der Waals surface area contributed by atoms with E-state index < -0.39 is 0 Å². The van der Waals surface area contributed by atoms with Gasteiger partial charge in [-0.15, -0.1) is 0 Å². The Hall–Kier alpha value is -1.42. The highest BCUT2D eigenvalue weighted by Crippen LogP contribution is 2.28. The summed E-state index contributed by atoms with van der Waals surface area (Å²) in [6.07, 6.45) is 1.07. The van der Waals surface area contributed by atoms with Gasteiger partial charge in [-0.1, -0.05) is 42.8 Å². The molecule has 2 rings (SSSR count). The van der Waals surface area contributed by atoms with Crippen molar-refractivity contribution in [2.24, 2.45) is 0 Å². The first-order chi connectivity index (χ1) is 10.0. The normalized spacial score (nSPS) is 11.0. The molecule has 1 heterocycles. The van der Waals surface area contributed by atoms with Gasteiger partial charge in [0.2, 0.25) is 0 Å². The van der Waals surface area contributed by atoms with Gasteiger partial charge in [0.05, 0.1) is 0 Å². The van der Waals surface area contributed by atoms with Crippen molar-refractivity contribution in [1.29, 1.82) is 0 Å². The molecule has 21 heavy (non-hydrogen) atoms. The van der Waals surface area contributed by atoms with Crippen molar-refractivity contribution < 1.29 is 0 Å². The largest absolute Gasteiger partial charge is 0.370 e. The lowest BCUT2D eigenvalue weighted by atomic mass is 10.1. The zero-order valence-corrected chi connectivity index (χ0v) is 14.7. The Morgan fingerprint density at radius 1 is 1.19 bits per heavy atom. The highest BCUT2D eigenvalue weighted by atomic mass is 79.9. The summed E-state index contributed by atoms with van der Waals surface area (Å²) in [5, 5.41) is 3.36. The Kier molecular flexibility index (Phi) is 5.34. The maximum absolute atomic E-state index is 4.72. The lowest BCUT2D eigenvalue weighted by Gasteiger charge is -2.12. The molecule has 0 fully saturated rings. The van der Waals surface area contributed by atoms with Crippen LogP contribution in [-0.4, -0.2) is 16.5 Å². The fourth-order valence-corrected chi connectivity index (χ4v) is 2.70. The fraction of sp³-hybridized carbons (Fsp3) is 0.412. The summed E-state index contributed by atoms with van der Waals surface area (Å²) in [5.74, 6) is 2.04. The Morgan fingerprint density at radius 2 is 1.95 bits per heavy atom. The van der Waals surface area contributed by atoms with Gasteiger partial charge < -0.3 is 5.32 Å². The molecule has 1 aromatic heterocycles. The topological polar surface area (TPSA) is 37.8 Å². The van der Waals surface area contributed by atoms with Crippen LogP contribution in [0.3, 0.4) is 0 Å². The summed E-state index contributed by atoms with van der Waals surface area (Å²) < 4.78 is 1.03. The molecule has 112 valence electrons. The summed E-state index contributed by atoms with van der Waals surface area (Å²) in [7, 11) is 0. The average molecular weight is 348 g/mol. The van der Waals surface area contributed by atoms with Crippen molar-refractivity contribution in [3.8, 4) is 11.4 Å². The van der Waals surface area contributed by atoms with E-state index in [1.54, 1.807) is 0 Å². The van der Waals surface area contributed by atoms with Crippen LogP contribution in [0.2, 0.25) is 0 Å². The van der Waals surface area contributed by atoms with Crippen LogP contribution in [0, 0.1) is 6.92 Å². The third-order valence-corrected chi connectivity index (χ3v) is 3.92. The number of anilines is 1. The number of aromatic nitrogens is 2. The molecule has 0 unspecified atom stereocenters.